The number of ether oxygens (including phenoxy) is 1. The number of rotatable bonds is 6. The van der Waals surface area contributed by atoms with Gasteiger partial charge in [-0.1, -0.05) is 12.8 Å². The quantitative estimate of drug-likeness (QED) is 0.643. The predicted molar refractivity (Wildman–Crippen MR) is 66.4 cm³/mol. The van der Waals surface area contributed by atoms with Gasteiger partial charge in [-0.15, -0.1) is 0 Å². The normalized spacial score (nSPS) is 17.3. The first-order valence-electron chi connectivity index (χ1n) is 6.00. The summed E-state index contributed by atoms with van der Waals surface area (Å²) in [7, 11) is -3.59. The van der Waals surface area contributed by atoms with Crippen LogP contribution in [0.1, 0.15) is 25.7 Å². The fraction of sp³-hybridized carbons (Fsp3) is 0.700. The summed E-state index contributed by atoms with van der Waals surface area (Å²) in [5.41, 5.74) is 5.46. The van der Waals surface area contributed by atoms with Crippen LogP contribution in [0.25, 0.3) is 0 Å². The third kappa shape index (κ3) is 3.21. The number of nitrogen functional groups attached to an aromatic ring is 1. The summed E-state index contributed by atoms with van der Waals surface area (Å²) in [6, 6.07) is 0. The van der Waals surface area contributed by atoms with Gasteiger partial charge in [-0.2, -0.15) is 5.10 Å². The van der Waals surface area contributed by atoms with Gasteiger partial charge in [0.2, 0.25) is 10.0 Å². The van der Waals surface area contributed by atoms with Crippen LogP contribution in [-0.2, 0) is 14.8 Å². The number of nitrogens with zero attached hydrogens (tertiary/aromatic N) is 1. The first-order valence-corrected chi connectivity index (χ1v) is 7.48. The minimum absolute atomic E-state index is 0.0247. The molecule has 4 N–H and O–H groups in total. The molecule has 0 aliphatic heterocycles. The van der Waals surface area contributed by atoms with Crippen molar-refractivity contribution in [1.29, 1.82) is 0 Å². The van der Waals surface area contributed by atoms with Crippen molar-refractivity contribution in [3.63, 3.8) is 0 Å². The lowest BCUT2D eigenvalue weighted by Crippen LogP contribution is -2.28. The molecule has 1 heterocycles. The molecule has 0 saturated heterocycles. The number of sulfonamides is 1. The highest BCUT2D eigenvalue weighted by Crippen LogP contribution is 2.20. The number of nitrogens with two attached hydrogens (primary N) is 1. The zero-order valence-electron chi connectivity index (χ0n) is 10.1. The molecular weight excluding hydrogens is 256 g/mol. The highest BCUT2D eigenvalue weighted by molar-refractivity contribution is 7.89. The fourth-order valence-corrected chi connectivity index (χ4v) is 3.07. The van der Waals surface area contributed by atoms with Crippen molar-refractivity contribution in [3.8, 4) is 0 Å². The van der Waals surface area contributed by atoms with Crippen molar-refractivity contribution < 1.29 is 13.2 Å². The molecule has 18 heavy (non-hydrogen) atoms. The second-order valence-electron chi connectivity index (χ2n) is 4.32. The maximum Gasteiger partial charge on any atom is 0.245 e. The lowest BCUT2D eigenvalue weighted by atomic mass is 10.3. The highest BCUT2D eigenvalue weighted by atomic mass is 32.2. The van der Waals surface area contributed by atoms with Crippen LogP contribution in [0.4, 0.5) is 5.82 Å². The van der Waals surface area contributed by atoms with E-state index in [4.69, 9.17) is 10.5 Å². The van der Waals surface area contributed by atoms with Gasteiger partial charge in [0.15, 0.2) is 0 Å². The standard InChI is InChI=1S/C10H18N4O3S/c11-10-9(7-12-14-10)18(15,16)13-5-6-17-8-3-1-2-4-8/h7-8,13H,1-6H2,(H3,11,12,14). The summed E-state index contributed by atoms with van der Waals surface area (Å²) >= 11 is 0. The van der Waals surface area contributed by atoms with Crippen LogP contribution >= 0.6 is 0 Å². The summed E-state index contributed by atoms with van der Waals surface area (Å²) in [5, 5.41) is 5.97. The van der Waals surface area contributed by atoms with E-state index in [1.54, 1.807) is 0 Å². The van der Waals surface area contributed by atoms with Crippen LogP contribution in [0.3, 0.4) is 0 Å². The fourth-order valence-electron chi connectivity index (χ4n) is 2.03. The van der Waals surface area contributed by atoms with Crippen LogP contribution in [-0.4, -0.2) is 37.9 Å². The SMILES string of the molecule is Nc1[nH]ncc1S(=O)(=O)NCCOC1CCCC1. The molecule has 8 heteroatoms. The monoisotopic (exact) mass is 274 g/mol. The number of aromatic nitrogens is 2. The molecule has 0 spiro atoms. The molecule has 102 valence electrons. The van der Waals surface area contributed by atoms with E-state index in [9.17, 15) is 8.42 Å². The summed E-state index contributed by atoms with van der Waals surface area (Å²) in [5.74, 6) is 0.0409. The molecule has 1 fully saturated rings. The van der Waals surface area contributed by atoms with E-state index in [1.165, 1.54) is 19.0 Å². The molecule has 0 radical (unpaired) electrons. The van der Waals surface area contributed by atoms with Gasteiger partial charge in [-0.25, -0.2) is 13.1 Å². The summed E-state index contributed by atoms with van der Waals surface area (Å²) < 4.78 is 31.6. The molecule has 0 bridgehead atoms. The Morgan fingerprint density at radius 1 is 1.50 bits per heavy atom. The highest BCUT2D eigenvalue weighted by Gasteiger charge is 2.19. The van der Waals surface area contributed by atoms with Gasteiger partial charge >= 0.3 is 0 Å². The molecule has 2 rings (SSSR count). The van der Waals surface area contributed by atoms with Crippen molar-refractivity contribution in [2.24, 2.45) is 0 Å². The van der Waals surface area contributed by atoms with E-state index >= 15 is 0 Å². The molecule has 0 atom stereocenters. The molecule has 0 amide bonds. The molecule has 1 aromatic heterocycles. The Morgan fingerprint density at radius 2 is 2.22 bits per heavy atom. The van der Waals surface area contributed by atoms with Gasteiger partial charge in [-0.05, 0) is 12.8 Å². The minimum Gasteiger partial charge on any atom is -0.383 e. The van der Waals surface area contributed by atoms with Gasteiger partial charge in [0, 0.05) is 6.54 Å². The average molecular weight is 274 g/mol. The van der Waals surface area contributed by atoms with E-state index in [-0.39, 0.29) is 23.4 Å². The first-order chi connectivity index (χ1) is 8.59. The maximum absolute atomic E-state index is 11.8. The number of H-pyrrole nitrogens is 1. The Morgan fingerprint density at radius 3 is 2.83 bits per heavy atom. The van der Waals surface area contributed by atoms with Crippen molar-refractivity contribution in [3.05, 3.63) is 6.20 Å². The lowest BCUT2D eigenvalue weighted by molar-refractivity contribution is 0.0626. The van der Waals surface area contributed by atoms with Gasteiger partial charge in [0.25, 0.3) is 0 Å². The second-order valence-corrected chi connectivity index (χ2v) is 6.06. The number of anilines is 1. The zero-order chi connectivity index (χ0) is 13.0. The average Bonchev–Trinajstić information content (AvgIpc) is 2.95. The molecule has 0 unspecified atom stereocenters. The first kappa shape index (κ1) is 13.3. The van der Waals surface area contributed by atoms with Gasteiger partial charge in [0.1, 0.15) is 10.7 Å². The lowest BCUT2D eigenvalue weighted by Gasteiger charge is -2.11. The summed E-state index contributed by atoms with van der Waals surface area (Å²) in [4.78, 5) is -0.0247. The number of hydrogen-bond donors (Lipinski definition) is 3. The Balaban J connectivity index is 1.77. The van der Waals surface area contributed by atoms with Gasteiger partial charge in [-0.3, -0.25) is 5.10 Å². The summed E-state index contributed by atoms with van der Waals surface area (Å²) in [6.07, 6.45) is 6.01. The van der Waals surface area contributed by atoms with Crippen LogP contribution < -0.4 is 10.5 Å². The van der Waals surface area contributed by atoms with Crippen molar-refractivity contribution in [1.82, 2.24) is 14.9 Å². The number of nitrogens with one attached hydrogen (secondary N) is 2. The van der Waals surface area contributed by atoms with Crippen molar-refractivity contribution >= 4 is 15.8 Å². The van der Waals surface area contributed by atoms with E-state index in [0.717, 1.165) is 12.8 Å². The number of hydrogen-bond acceptors (Lipinski definition) is 5. The Bertz CT molecular complexity index is 479. The van der Waals surface area contributed by atoms with Crippen LogP contribution in [0, 0.1) is 0 Å². The third-order valence-corrected chi connectivity index (χ3v) is 4.46. The van der Waals surface area contributed by atoms with Crippen LogP contribution in [0.2, 0.25) is 0 Å². The maximum atomic E-state index is 11.8. The third-order valence-electron chi connectivity index (χ3n) is 2.97. The van der Waals surface area contributed by atoms with Gasteiger partial charge in [0.05, 0.1) is 18.9 Å². The molecule has 1 aliphatic rings. The molecular formula is C10H18N4O3S. The zero-order valence-corrected chi connectivity index (χ0v) is 10.9. The molecule has 1 aliphatic carbocycles. The van der Waals surface area contributed by atoms with E-state index in [1.807, 2.05) is 0 Å². The van der Waals surface area contributed by atoms with Crippen LogP contribution in [0.5, 0.6) is 0 Å². The van der Waals surface area contributed by atoms with Gasteiger partial charge < -0.3 is 10.5 Å². The molecule has 7 nitrogen and oxygen atoms in total. The van der Waals surface area contributed by atoms with E-state index in [2.05, 4.69) is 14.9 Å². The molecule has 1 saturated carbocycles. The Kier molecular flexibility index (Phi) is 4.20. The minimum atomic E-state index is -3.59. The Labute approximate surface area is 106 Å². The number of aromatic amines is 1. The molecule has 1 aromatic rings. The van der Waals surface area contributed by atoms with E-state index < -0.39 is 10.0 Å². The van der Waals surface area contributed by atoms with Crippen LogP contribution in [0.15, 0.2) is 11.1 Å². The van der Waals surface area contributed by atoms with Crippen molar-refractivity contribution in [2.45, 2.75) is 36.7 Å². The van der Waals surface area contributed by atoms with Crippen molar-refractivity contribution in [2.75, 3.05) is 18.9 Å². The largest absolute Gasteiger partial charge is 0.383 e. The summed E-state index contributed by atoms with van der Waals surface area (Å²) in [6.45, 7) is 0.616. The van der Waals surface area contributed by atoms with E-state index in [0.29, 0.717) is 6.61 Å². The topological polar surface area (TPSA) is 110 Å². The second kappa shape index (κ2) is 5.68. The predicted octanol–water partition coefficient (Wildman–Crippen LogP) is 0.229. The molecule has 0 aromatic carbocycles. The Hall–Kier alpha value is -1.12. The smallest absolute Gasteiger partial charge is 0.245 e.